The van der Waals surface area contributed by atoms with Gasteiger partial charge in [-0.3, -0.25) is 4.79 Å². The Labute approximate surface area is 166 Å². The summed E-state index contributed by atoms with van der Waals surface area (Å²) in [4.78, 5) is 24.9. The third-order valence-electron chi connectivity index (χ3n) is 4.30. The lowest BCUT2D eigenvalue weighted by atomic mass is 9.94. The van der Waals surface area contributed by atoms with Crippen LogP contribution in [0.3, 0.4) is 0 Å². The van der Waals surface area contributed by atoms with Crippen LogP contribution in [0.5, 0.6) is 11.5 Å². The zero-order chi connectivity index (χ0) is 20.3. The van der Waals surface area contributed by atoms with Crippen LogP contribution in [0.2, 0.25) is 0 Å². The lowest BCUT2D eigenvalue weighted by Gasteiger charge is -2.15. The molecule has 1 heterocycles. The molecule has 0 aliphatic heterocycles. The van der Waals surface area contributed by atoms with Crippen molar-refractivity contribution in [2.75, 3.05) is 14.2 Å². The number of hydrogen-bond donors (Lipinski definition) is 1. The number of carbonyl (C=O) groups excluding carboxylic acids is 1. The summed E-state index contributed by atoms with van der Waals surface area (Å²) in [5.41, 5.74) is 2.11. The third-order valence-corrected chi connectivity index (χ3v) is 5.20. The first-order chi connectivity index (χ1) is 13.5. The van der Waals surface area contributed by atoms with Gasteiger partial charge in [-0.05, 0) is 29.6 Å². The first-order valence-electron chi connectivity index (χ1n) is 8.33. The highest BCUT2D eigenvalue weighted by Gasteiger charge is 2.20. The predicted molar refractivity (Wildman–Crippen MR) is 110 cm³/mol. The number of carboxylic acid groups (broad SMARTS) is 1. The molecule has 0 aliphatic rings. The standard InChI is InChI=1S/C22H18O5S/c1-13(21(23)14-6-8-15(9-7-14)22(24)25)16-11-17(20-5-4-10-28-20)19(27-3)12-18(16)26-2/h4-12H,1H2,2-3H3,(H,24,25). The van der Waals surface area contributed by atoms with Gasteiger partial charge in [0.15, 0.2) is 5.78 Å². The van der Waals surface area contributed by atoms with E-state index in [1.54, 1.807) is 24.5 Å². The quantitative estimate of drug-likeness (QED) is 0.450. The Morgan fingerprint density at radius 2 is 1.61 bits per heavy atom. The molecule has 3 aromatic rings. The summed E-state index contributed by atoms with van der Waals surface area (Å²) in [5.74, 6) is -0.250. The molecular formula is C22H18O5S. The molecule has 0 unspecified atom stereocenters. The van der Waals surface area contributed by atoms with Crippen molar-refractivity contribution < 1.29 is 24.2 Å². The van der Waals surface area contributed by atoms with Crippen LogP contribution in [0.15, 0.2) is 60.5 Å². The zero-order valence-corrected chi connectivity index (χ0v) is 16.2. The number of rotatable bonds is 7. The highest BCUT2D eigenvalue weighted by Crippen LogP contribution is 2.40. The van der Waals surface area contributed by atoms with Gasteiger partial charge in [0.1, 0.15) is 11.5 Å². The Hall–Kier alpha value is -3.38. The molecular weight excluding hydrogens is 376 g/mol. The average Bonchev–Trinajstić information content (AvgIpc) is 3.26. The predicted octanol–water partition coefficient (Wildman–Crippen LogP) is 5.03. The van der Waals surface area contributed by atoms with Gasteiger partial charge in [-0.15, -0.1) is 11.3 Å². The number of Topliss-reactive ketones (excluding diaryl/α,β-unsaturated/α-hetero) is 1. The number of carbonyl (C=O) groups is 2. The molecule has 1 aromatic heterocycles. The van der Waals surface area contributed by atoms with Gasteiger partial charge in [-0.1, -0.05) is 24.8 Å². The summed E-state index contributed by atoms with van der Waals surface area (Å²) < 4.78 is 10.9. The maximum atomic E-state index is 12.9. The van der Waals surface area contributed by atoms with E-state index in [9.17, 15) is 9.59 Å². The summed E-state index contributed by atoms with van der Waals surface area (Å²) in [7, 11) is 3.10. The molecule has 0 saturated carbocycles. The van der Waals surface area contributed by atoms with E-state index in [4.69, 9.17) is 14.6 Å². The maximum Gasteiger partial charge on any atom is 0.335 e. The molecule has 0 amide bonds. The largest absolute Gasteiger partial charge is 0.496 e. The first kappa shape index (κ1) is 19.4. The molecule has 0 aliphatic carbocycles. The molecule has 3 rings (SSSR count). The highest BCUT2D eigenvalue weighted by molar-refractivity contribution is 7.13. The van der Waals surface area contributed by atoms with E-state index in [1.165, 1.54) is 31.4 Å². The van der Waals surface area contributed by atoms with E-state index < -0.39 is 5.97 Å². The van der Waals surface area contributed by atoms with Crippen LogP contribution >= 0.6 is 11.3 Å². The second-order valence-electron chi connectivity index (χ2n) is 5.92. The minimum atomic E-state index is -1.05. The number of allylic oxidation sites excluding steroid dienone is 1. The van der Waals surface area contributed by atoms with Crippen LogP contribution in [0.25, 0.3) is 16.0 Å². The Kier molecular flexibility index (Phi) is 5.61. The van der Waals surface area contributed by atoms with Crippen LogP contribution in [-0.2, 0) is 0 Å². The minimum Gasteiger partial charge on any atom is -0.496 e. The number of benzene rings is 2. The molecule has 0 bridgehead atoms. The van der Waals surface area contributed by atoms with Crippen molar-refractivity contribution >= 4 is 28.7 Å². The SMILES string of the molecule is C=C(C(=O)c1ccc(C(=O)O)cc1)c1cc(-c2cccs2)c(OC)cc1OC. The normalized spacial score (nSPS) is 10.4. The number of ether oxygens (including phenoxy) is 2. The van der Waals surface area contributed by atoms with Crippen molar-refractivity contribution in [3.63, 3.8) is 0 Å². The smallest absolute Gasteiger partial charge is 0.335 e. The van der Waals surface area contributed by atoms with E-state index in [-0.39, 0.29) is 16.9 Å². The van der Waals surface area contributed by atoms with E-state index >= 15 is 0 Å². The molecule has 142 valence electrons. The second kappa shape index (κ2) is 8.10. The van der Waals surface area contributed by atoms with Crippen molar-refractivity contribution in [1.82, 2.24) is 0 Å². The molecule has 0 saturated heterocycles. The molecule has 0 radical (unpaired) electrons. The van der Waals surface area contributed by atoms with E-state index in [2.05, 4.69) is 6.58 Å². The Morgan fingerprint density at radius 1 is 0.964 bits per heavy atom. The second-order valence-corrected chi connectivity index (χ2v) is 6.87. The van der Waals surface area contributed by atoms with Crippen LogP contribution in [0, 0.1) is 0 Å². The number of thiophene rings is 1. The van der Waals surface area contributed by atoms with E-state index in [0.29, 0.717) is 22.6 Å². The lowest BCUT2D eigenvalue weighted by Crippen LogP contribution is -2.05. The molecule has 6 heteroatoms. The van der Waals surface area contributed by atoms with Crippen molar-refractivity contribution in [3.05, 3.63) is 77.2 Å². The summed E-state index contributed by atoms with van der Waals surface area (Å²) in [6, 6.07) is 13.2. The molecule has 1 N–H and O–H groups in total. The van der Waals surface area contributed by atoms with Gasteiger partial charge in [0.25, 0.3) is 0 Å². The maximum absolute atomic E-state index is 12.9. The summed E-state index contributed by atoms with van der Waals surface area (Å²) in [6.07, 6.45) is 0. The van der Waals surface area contributed by atoms with Gasteiger partial charge < -0.3 is 14.6 Å². The first-order valence-corrected chi connectivity index (χ1v) is 9.21. The van der Waals surface area contributed by atoms with Crippen molar-refractivity contribution in [3.8, 4) is 21.9 Å². The van der Waals surface area contributed by atoms with Gasteiger partial charge in [-0.2, -0.15) is 0 Å². The number of hydrogen-bond acceptors (Lipinski definition) is 5. The number of methoxy groups -OCH3 is 2. The monoisotopic (exact) mass is 394 g/mol. The van der Waals surface area contributed by atoms with Crippen LogP contribution in [0.1, 0.15) is 26.3 Å². The lowest BCUT2D eigenvalue weighted by molar-refractivity contribution is 0.0696. The molecule has 2 aromatic carbocycles. The number of ketones is 1. The van der Waals surface area contributed by atoms with Gasteiger partial charge >= 0.3 is 5.97 Å². The summed E-state index contributed by atoms with van der Waals surface area (Å²) in [5, 5.41) is 11.0. The van der Waals surface area contributed by atoms with Gasteiger partial charge in [0.2, 0.25) is 0 Å². The number of carboxylic acids is 1. The van der Waals surface area contributed by atoms with Crippen LogP contribution in [-0.4, -0.2) is 31.1 Å². The van der Waals surface area contributed by atoms with E-state index in [1.807, 2.05) is 23.6 Å². The fourth-order valence-electron chi connectivity index (χ4n) is 2.82. The Bertz CT molecular complexity index is 1030. The Balaban J connectivity index is 2.03. The summed E-state index contributed by atoms with van der Waals surface area (Å²) >= 11 is 1.56. The van der Waals surface area contributed by atoms with E-state index in [0.717, 1.165) is 10.4 Å². The fourth-order valence-corrected chi connectivity index (χ4v) is 3.57. The topological polar surface area (TPSA) is 72.8 Å². The molecule has 0 spiro atoms. The van der Waals surface area contributed by atoms with Crippen LogP contribution in [0.4, 0.5) is 0 Å². The van der Waals surface area contributed by atoms with Gasteiger partial charge in [-0.25, -0.2) is 4.79 Å². The Morgan fingerprint density at radius 3 is 2.14 bits per heavy atom. The fraction of sp³-hybridized carbons (Fsp3) is 0.0909. The molecule has 5 nitrogen and oxygen atoms in total. The van der Waals surface area contributed by atoms with Crippen molar-refractivity contribution in [2.45, 2.75) is 0 Å². The minimum absolute atomic E-state index is 0.115. The highest BCUT2D eigenvalue weighted by atomic mass is 32.1. The molecule has 0 atom stereocenters. The van der Waals surface area contributed by atoms with Gasteiger partial charge in [0.05, 0.1) is 19.8 Å². The third kappa shape index (κ3) is 3.68. The number of aromatic carboxylic acids is 1. The molecule has 0 fully saturated rings. The average molecular weight is 394 g/mol. The van der Waals surface area contributed by atoms with Crippen molar-refractivity contribution in [1.29, 1.82) is 0 Å². The van der Waals surface area contributed by atoms with Gasteiger partial charge in [0, 0.05) is 33.2 Å². The van der Waals surface area contributed by atoms with Crippen LogP contribution < -0.4 is 9.47 Å². The summed E-state index contributed by atoms with van der Waals surface area (Å²) in [6.45, 7) is 3.96. The van der Waals surface area contributed by atoms with Crippen molar-refractivity contribution in [2.24, 2.45) is 0 Å². The molecule has 28 heavy (non-hydrogen) atoms. The zero-order valence-electron chi connectivity index (χ0n) is 15.4.